The van der Waals surface area contributed by atoms with Crippen LogP contribution in [0.25, 0.3) is 0 Å². The maximum absolute atomic E-state index is 12.3. The molecule has 110 valence electrons. The molecule has 6 heteroatoms. The first kappa shape index (κ1) is 14.0. The Balaban J connectivity index is 1.76. The van der Waals surface area contributed by atoms with Gasteiger partial charge < -0.3 is 10.5 Å². The first-order chi connectivity index (χ1) is 10.1. The molecule has 2 unspecified atom stereocenters. The van der Waals surface area contributed by atoms with Crippen LogP contribution in [0.3, 0.4) is 0 Å². The van der Waals surface area contributed by atoms with Crippen LogP contribution in [0.2, 0.25) is 0 Å². The number of imide groups is 1. The maximum atomic E-state index is 12.3. The molecule has 2 amide bonds. The topological polar surface area (TPSA) is 72.6 Å². The van der Waals surface area contributed by atoms with E-state index in [0.29, 0.717) is 11.4 Å². The summed E-state index contributed by atoms with van der Waals surface area (Å²) in [5.41, 5.74) is 5.97. The van der Waals surface area contributed by atoms with Gasteiger partial charge in [-0.2, -0.15) is 0 Å². The molecule has 0 bridgehead atoms. The zero-order valence-corrected chi connectivity index (χ0v) is 12.3. The fourth-order valence-corrected chi connectivity index (χ4v) is 3.15. The van der Waals surface area contributed by atoms with Gasteiger partial charge in [0.2, 0.25) is 11.8 Å². The molecule has 2 atom stereocenters. The van der Waals surface area contributed by atoms with Crippen LogP contribution in [0.1, 0.15) is 19.3 Å². The van der Waals surface area contributed by atoms with E-state index in [1.165, 1.54) is 4.90 Å². The average Bonchev–Trinajstić information content (AvgIpc) is 3.03. The number of rotatable bonds is 4. The van der Waals surface area contributed by atoms with Crippen LogP contribution in [-0.4, -0.2) is 23.4 Å². The van der Waals surface area contributed by atoms with E-state index in [9.17, 15) is 9.59 Å². The summed E-state index contributed by atoms with van der Waals surface area (Å²) in [5.74, 6) is 0.218. The van der Waals surface area contributed by atoms with Crippen LogP contribution in [-0.2, 0) is 9.59 Å². The van der Waals surface area contributed by atoms with Gasteiger partial charge in [0.15, 0.2) is 0 Å². The molecule has 1 saturated carbocycles. The van der Waals surface area contributed by atoms with Crippen molar-refractivity contribution in [3.05, 3.63) is 24.3 Å². The summed E-state index contributed by atoms with van der Waals surface area (Å²) in [5, 5.41) is 0. The number of carbonyl (C=O) groups is 2. The standard InChI is InChI=1S/C15H16N2O3S/c16-13(21)8-20-10-6-4-9(5-7-10)17-14(18)11-2-1-3-12(11)15(17)19/h4-7,11-12H,1-3,8H2,(H2,16,21). The number of fused-ring (bicyclic) bond motifs is 1. The normalized spacial score (nSPS) is 24.3. The van der Waals surface area contributed by atoms with Crippen molar-refractivity contribution in [2.24, 2.45) is 17.6 Å². The molecule has 2 aliphatic rings. The number of anilines is 1. The molecule has 21 heavy (non-hydrogen) atoms. The molecule has 1 saturated heterocycles. The maximum Gasteiger partial charge on any atom is 0.237 e. The van der Waals surface area contributed by atoms with Gasteiger partial charge in [-0.05, 0) is 37.1 Å². The number of thiocarbonyl (C=S) groups is 1. The quantitative estimate of drug-likeness (QED) is 0.676. The van der Waals surface area contributed by atoms with Crippen LogP contribution in [0, 0.1) is 11.8 Å². The molecular weight excluding hydrogens is 288 g/mol. The van der Waals surface area contributed by atoms with Crippen molar-refractivity contribution in [2.45, 2.75) is 19.3 Å². The SMILES string of the molecule is NC(=S)COc1ccc(N2C(=O)C3CCCC3C2=O)cc1. The summed E-state index contributed by atoms with van der Waals surface area (Å²) in [7, 11) is 0. The predicted molar refractivity (Wildman–Crippen MR) is 82.0 cm³/mol. The summed E-state index contributed by atoms with van der Waals surface area (Å²) in [6.07, 6.45) is 2.61. The number of amides is 2. The van der Waals surface area contributed by atoms with Gasteiger partial charge in [0.25, 0.3) is 0 Å². The van der Waals surface area contributed by atoms with Crippen molar-refractivity contribution >= 4 is 34.7 Å². The van der Waals surface area contributed by atoms with Crippen molar-refractivity contribution in [3.8, 4) is 5.75 Å². The van der Waals surface area contributed by atoms with E-state index >= 15 is 0 Å². The summed E-state index contributed by atoms with van der Waals surface area (Å²) in [6.45, 7) is 0.167. The Hall–Kier alpha value is -1.95. The van der Waals surface area contributed by atoms with Gasteiger partial charge in [-0.3, -0.25) is 14.5 Å². The summed E-state index contributed by atoms with van der Waals surface area (Å²) in [4.78, 5) is 26.3. The molecule has 1 aromatic rings. The van der Waals surface area contributed by atoms with Gasteiger partial charge >= 0.3 is 0 Å². The second-order valence-corrected chi connectivity index (χ2v) is 5.93. The molecule has 2 N–H and O–H groups in total. The molecule has 1 heterocycles. The number of carbonyl (C=O) groups excluding carboxylic acids is 2. The lowest BCUT2D eigenvalue weighted by molar-refractivity contribution is -0.122. The molecule has 5 nitrogen and oxygen atoms in total. The largest absolute Gasteiger partial charge is 0.487 e. The lowest BCUT2D eigenvalue weighted by Crippen LogP contribution is -2.31. The van der Waals surface area contributed by atoms with E-state index in [4.69, 9.17) is 22.7 Å². The number of benzene rings is 1. The summed E-state index contributed by atoms with van der Waals surface area (Å²) >= 11 is 4.74. The number of hydrogen-bond donors (Lipinski definition) is 1. The molecule has 2 fully saturated rings. The molecular formula is C15H16N2O3S. The zero-order valence-electron chi connectivity index (χ0n) is 11.5. The van der Waals surface area contributed by atoms with E-state index in [1.54, 1.807) is 24.3 Å². The van der Waals surface area contributed by atoms with E-state index < -0.39 is 0 Å². The third kappa shape index (κ3) is 2.51. The monoisotopic (exact) mass is 304 g/mol. The van der Waals surface area contributed by atoms with Crippen LogP contribution >= 0.6 is 12.2 Å². The van der Waals surface area contributed by atoms with Crippen molar-refractivity contribution in [1.29, 1.82) is 0 Å². The first-order valence-corrected chi connectivity index (χ1v) is 7.38. The van der Waals surface area contributed by atoms with Gasteiger partial charge in [-0.25, -0.2) is 0 Å². The summed E-state index contributed by atoms with van der Waals surface area (Å²) < 4.78 is 5.36. The highest BCUT2D eigenvalue weighted by molar-refractivity contribution is 7.80. The molecule has 0 spiro atoms. The first-order valence-electron chi connectivity index (χ1n) is 6.97. The molecule has 3 rings (SSSR count). The Morgan fingerprint density at radius 3 is 2.29 bits per heavy atom. The molecule has 1 aromatic carbocycles. The second kappa shape index (κ2) is 5.44. The van der Waals surface area contributed by atoms with Gasteiger partial charge in [0.1, 0.15) is 17.3 Å². The van der Waals surface area contributed by atoms with Crippen LogP contribution in [0.4, 0.5) is 5.69 Å². The number of ether oxygens (including phenoxy) is 1. The van der Waals surface area contributed by atoms with Crippen LogP contribution in [0.5, 0.6) is 5.75 Å². The van der Waals surface area contributed by atoms with Crippen molar-refractivity contribution in [1.82, 2.24) is 0 Å². The van der Waals surface area contributed by atoms with E-state index in [0.717, 1.165) is 19.3 Å². The van der Waals surface area contributed by atoms with Gasteiger partial charge in [-0.1, -0.05) is 18.6 Å². The number of hydrogen-bond acceptors (Lipinski definition) is 4. The van der Waals surface area contributed by atoms with Crippen LogP contribution in [0.15, 0.2) is 24.3 Å². The third-order valence-electron chi connectivity index (χ3n) is 4.07. The Labute approximate surface area is 128 Å². The lowest BCUT2D eigenvalue weighted by atomic mass is 10.00. The highest BCUT2D eigenvalue weighted by Crippen LogP contribution is 2.41. The van der Waals surface area contributed by atoms with Gasteiger partial charge in [-0.15, -0.1) is 0 Å². The van der Waals surface area contributed by atoms with E-state index in [2.05, 4.69) is 0 Å². The highest BCUT2D eigenvalue weighted by atomic mass is 32.1. The molecule has 0 aromatic heterocycles. The minimum atomic E-state index is -0.122. The zero-order chi connectivity index (χ0) is 15.0. The molecule has 0 radical (unpaired) electrons. The molecule has 1 aliphatic heterocycles. The Morgan fingerprint density at radius 2 is 1.76 bits per heavy atom. The fraction of sp³-hybridized carbons (Fsp3) is 0.400. The lowest BCUT2D eigenvalue weighted by Gasteiger charge is -2.16. The number of nitrogens with two attached hydrogens (primary N) is 1. The minimum absolute atomic E-state index is 0.0701. The van der Waals surface area contributed by atoms with Gasteiger partial charge in [0, 0.05) is 0 Å². The van der Waals surface area contributed by atoms with Crippen LogP contribution < -0.4 is 15.4 Å². The Kier molecular flexibility index (Phi) is 3.63. The average molecular weight is 304 g/mol. The van der Waals surface area contributed by atoms with E-state index in [-0.39, 0.29) is 35.2 Å². The smallest absolute Gasteiger partial charge is 0.237 e. The molecule has 1 aliphatic carbocycles. The van der Waals surface area contributed by atoms with Crippen molar-refractivity contribution in [2.75, 3.05) is 11.5 Å². The summed E-state index contributed by atoms with van der Waals surface area (Å²) in [6, 6.07) is 6.85. The van der Waals surface area contributed by atoms with E-state index in [1.807, 2.05) is 0 Å². The highest BCUT2D eigenvalue weighted by Gasteiger charge is 2.50. The van der Waals surface area contributed by atoms with Crippen molar-refractivity contribution in [3.63, 3.8) is 0 Å². The second-order valence-electron chi connectivity index (χ2n) is 5.40. The Morgan fingerprint density at radius 1 is 1.19 bits per heavy atom. The van der Waals surface area contributed by atoms with Gasteiger partial charge in [0.05, 0.1) is 17.5 Å². The third-order valence-corrected chi connectivity index (χ3v) is 4.18. The van der Waals surface area contributed by atoms with Crippen molar-refractivity contribution < 1.29 is 14.3 Å². The minimum Gasteiger partial charge on any atom is -0.487 e. The fourth-order valence-electron chi connectivity index (χ4n) is 3.09. The Bertz CT molecular complexity index is 577. The predicted octanol–water partition coefficient (Wildman–Crippen LogP) is 1.64. The number of nitrogens with zero attached hydrogens (tertiary/aromatic N) is 1.